The summed E-state index contributed by atoms with van der Waals surface area (Å²) in [5.74, 6) is 1.57. The van der Waals surface area contributed by atoms with Crippen molar-refractivity contribution in [1.82, 2.24) is 10.6 Å². The first-order valence-electron chi connectivity index (χ1n) is 10.6. The fraction of sp³-hybridized carbons (Fsp3) is 0.200. The summed E-state index contributed by atoms with van der Waals surface area (Å²) in [7, 11) is 0. The van der Waals surface area contributed by atoms with Crippen LogP contribution in [-0.2, 0) is 13.1 Å². The topological polar surface area (TPSA) is 91.8 Å². The van der Waals surface area contributed by atoms with E-state index in [0.717, 1.165) is 34.4 Å². The number of carbonyl (C=O) groups is 1. The van der Waals surface area contributed by atoms with Crippen LogP contribution in [0.2, 0.25) is 0 Å². The average molecular weight is 431 g/mol. The van der Waals surface area contributed by atoms with Crippen molar-refractivity contribution in [2.75, 3.05) is 11.9 Å². The van der Waals surface area contributed by atoms with Crippen molar-refractivity contribution in [1.29, 1.82) is 0 Å². The molecule has 0 aliphatic rings. The van der Waals surface area contributed by atoms with Gasteiger partial charge in [-0.3, -0.25) is 4.79 Å². The number of carbonyl (C=O) groups excluding carboxylic acids is 1. The first-order chi connectivity index (χ1) is 15.6. The van der Waals surface area contributed by atoms with Crippen LogP contribution in [0.1, 0.15) is 34.4 Å². The molecule has 0 aliphatic heterocycles. The van der Waals surface area contributed by atoms with Gasteiger partial charge >= 0.3 is 0 Å². The molecule has 0 saturated heterocycles. The van der Waals surface area contributed by atoms with E-state index >= 15 is 0 Å². The molecule has 0 fully saturated rings. The van der Waals surface area contributed by atoms with Gasteiger partial charge in [0.2, 0.25) is 0 Å². The number of benzene rings is 2. The van der Waals surface area contributed by atoms with E-state index in [9.17, 15) is 4.79 Å². The van der Waals surface area contributed by atoms with Gasteiger partial charge in [0, 0.05) is 23.2 Å². The summed E-state index contributed by atoms with van der Waals surface area (Å²) < 4.78 is 11.1. The number of amides is 1. The highest BCUT2D eigenvalue weighted by Crippen LogP contribution is 2.24. The molecule has 32 heavy (non-hydrogen) atoms. The summed E-state index contributed by atoms with van der Waals surface area (Å²) in [6.45, 7) is 5.82. The number of guanidine groups is 1. The molecule has 2 aromatic heterocycles. The highest BCUT2D eigenvalue weighted by molar-refractivity contribution is 6.02. The predicted molar refractivity (Wildman–Crippen MR) is 126 cm³/mol. The Bertz CT molecular complexity index is 1230. The van der Waals surface area contributed by atoms with Gasteiger partial charge in [0.1, 0.15) is 11.3 Å². The Balaban J connectivity index is 1.41. The number of hydrogen-bond acceptors (Lipinski definition) is 4. The van der Waals surface area contributed by atoms with Crippen LogP contribution in [0, 0.1) is 6.92 Å². The minimum Gasteiger partial charge on any atom is -0.459 e. The van der Waals surface area contributed by atoms with Crippen molar-refractivity contribution in [3.63, 3.8) is 0 Å². The van der Waals surface area contributed by atoms with Gasteiger partial charge in [-0.15, -0.1) is 0 Å². The van der Waals surface area contributed by atoms with Crippen molar-refractivity contribution < 1.29 is 13.6 Å². The van der Waals surface area contributed by atoms with Gasteiger partial charge in [-0.2, -0.15) is 0 Å². The summed E-state index contributed by atoms with van der Waals surface area (Å²) in [5.41, 5.74) is 3.68. The average Bonchev–Trinajstić information content (AvgIpc) is 3.45. The number of fused-ring (bicyclic) bond motifs is 1. The Labute approximate surface area is 186 Å². The third-order valence-electron chi connectivity index (χ3n) is 5.05. The van der Waals surface area contributed by atoms with E-state index in [1.54, 1.807) is 12.1 Å². The molecule has 3 N–H and O–H groups in total. The second kappa shape index (κ2) is 9.87. The lowest BCUT2D eigenvalue weighted by molar-refractivity contribution is 0.0996. The van der Waals surface area contributed by atoms with Gasteiger partial charge in [-0.05, 0) is 49.7 Å². The number of furan rings is 2. The lowest BCUT2D eigenvalue weighted by Gasteiger charge is -2.11. The van der Waals surface area contributed by atoms with Gasteiger partial charge < -0.3 is 24.8 Å². The highest BCUT2D eigenvalue weighted by atomic mass is 16.3. The smallest absolute Gasteiger partial charge is 0.291 e. The Kier molecular flexibility index (Phi) is 6.55. The Morgan fingerprint density at radius 3 is 2.69 bits per heavy atom. The number of hydrogen-bond donors (Lipinski definition) is 3. The van der Waals surface area contributed by atoms with Crippen LogP contribution in [0.25, 0.3) is 11.0 Å². The molecular formula is C25H26N4O3. The molecule has 2 heterocycles. The van der Waals surface area contributed by atoms with Gasteiger partial charge in [0.15, 0.2) is 11.7 Å². The van der Waals surface area contributed by atoms with Crippen molar-refractivity contribution in [3.05, 3.63) is 89.6 Å². The van der Waals surface area contributed by atoms with Crippen LogP contribution in [0.4, 0.5) is 5.69 Å². The summed E-state index contributed by atoms with van der Waals surface area (Å²) in [4.78, 5) is 16.9. The molecule has 0 spiro atoms. The van der Waals surface area contributed by atoms with E-state index in [0.29, 0.717) is 24.7 Å². The SMILES string of the molecule is CCNC(=NCc1cccc(NC(=O)c2ccco2)c1)NCc1oc2ccccc2c1C. The zero-order chi connectivity index (χ0) is 22.3. The van der Waals surface area contributed by atoms with E-state index in [-0.39, 0.29) is 11.7 Å². The van der Waals surface area contributed by atoms with Gasteiger partial charge in [-0.1, -0.05) is 30.3 Å². The van der Waals surface area contributed by atoms with Crippen LogP contribution >= 0.6 is 0 Å². The third-order valence-corrected chi connectivity index (χ3v) is 5.05. The van der Waals surface area contributed by atoms with Crippen LogP contribution in [-0.4, -0.2) is 18.4 Å². The predicted octanol–water partition coefficient (Wildman–Crippen LogP) is 4.84. The van der Waals surface area contributed by atoms with E-state index in [4.69, 9.17) is 8.83 Å². The van der Waals surface area contributed by atoms with Gasteiger partial charge in [0.25, 0.3) is 5.91 Å². The molecule has 4 rings (SSSR count). The van der Waals surface area contributed by atoms with Gasteiger partial charge in [-0.25, -0.2) is 4.99 Å². The number of nitrogens with one attached hydrogen (secondary N) is 3. The quantitative estimate of drug-likeness (QED) is 0.288. The minimum atomic E-state index is -0.285. The molecule has 0 aliphatic carbocycles. The first-order valence-corrected chi connectivity index (χ1v) is 10.6. The van der Waals surface area contributed by atoms with Crippen molar-refractivity contribution in [2.45, 2.75) is 26.9 Å². The number of anilines is 1. The maximum Gasteiger partial charge on any atom is 0.291 e. The van der Waals surface area contributed by atoms with E-state index in [1.165, 1.54) is 6.26 Å². The third kappa shape index (κ3) is 5.00. The van der Waals surface area contributed by atoms with Gasteiger partial charge in [0.05, 0.1) is 19.4 Å². The second-order valence-corrected chi connectivity index (χ2v) is 7.33. The maximum atomic E-state index is 12.2. The Morgan fingerprint density at radius 1 is 1.03 bits per heavy atom. The first kappa shape index (κ1) is 21.2. The molecule has 4 aromatic rings. The van der Waals surface area contributed by atoms with Crippen molar-refractivity contribution in [3.8, 4) is 0 Å². The minimum absolute atomic E-state index is 0.271. The molecule has 1 amide bonds. The summed E-state index contributed by atoms with van der Waals surface area (Å²) in [5, 5.41) is 10.6. The summed E-state index contributed by atoms with van der Waals surface area (Å²) >= 11 is 0. The molecule has 7 nitrogen and oxygen atoms in total. The fourth-order valence-electron chi connectivity index (χ4n) is 3.42. The number of aryl methyl sites for hydroxylation is 1. The van der Waals surface area contributed by atoms with E-state index in [1.807, 2.05) is 49.4 Å². The fourth-order valence-corrected chi connectivity index (χ4v) is 3.42. The Morgan fingerprint density at radius 2 is 1.91 bits per heavy atom. The molecule has 0 radical (unpaired) electrons. The van der Waals surface area contributed by atoms with E-state index in [2.05, 4.69) is 33.9 Å². The standard InChI is InChI=1S/C25H26N4O3/c1-3-26-25(28-16-23-17(2)20-10-4-5-11-21(20)32-23)27-15-18-8-6-9-19(14-18)29-24(30)22-12-7-13-31-22/h4-14H,3,15-16H2,1-2H3,(H,29,30)(H2,26,27,28). The number of nitrogens with zero attached hydrogens (tertiary/aromatic N) is 1. The van der Waals surface area contributed by atoms with E-state index < -0.39 is 0 Å². The second-order valence-electron chi connectivity index (χ2n) is 7.33. The highest BCUT2D eigenvalue weighted by Gasteiger charge is 2.11. The van der Waals surface area contributed by atoms with Crippen molar-refractivity contribution in [2.24, 2.45) is 4.99 Å². The van der Waals surface area contributed by atoms with Crippen LogP contribution in [0.5, 0.6) is 0 Å². The monoisotopic (exact) mass is 430 g/mol. The molecule has 0 unspecified atom stereocenters. The largest absolute Gasteiger partial charge is 0.459 e. The number of aliphatic imine (C=N–C) groups is 1. The number of para-hydroxylation sites is 1. The zero-order valence-electron chi connectivity index (χ0n) is 18.1. The van der Waals surface area contributed by atoms with Crippen LogP contribution in [0.3, 0.4) is 0 Å². The maximum absolute atomic E-state index is 12.2. The van der Waals surface area contributed by atoms with Crippen LogP contribution < -0.4 is 16.0 Å². The molecule has 0 bridgehead atoms. The lowest BCUT2D eigenvalue weighted by atomic mass is 10.1. The summed E-state index contributed by atoms with van der Waals surface area (Å²) in [6.07, 6.45) is 1.47. The number of rotatable bonds is 7. The molecule has 2 aromatic carbocycles. The van der Waals surface area contributed by atoms with Crippen LogP contribution in [0.15, 0.2) is 80.8 Å². The molecule has 0 atom stereocenters. The molecule has 7 heteroatoms. The molecule has 164 valence electrons. The molecular weight excluding hydrogens is 404 g/mol. The van der Waals surface area contributed by atoms with Crippen molar-refractivity contribution >= 4 is 28.5 Å². The summed E-state index contributed by atoms with van der Waals surface area (Å²) in [6, 6.07) is 18.9. The molecule has 0 saturated carbocycles. The Hall–Kier alpha value is -4.00. The normalized spacial score (nSPS) is 11.5. The zero-order valence-corrected chi connectivity index (χ0v) is 18.1. The lowest BCUT2D eigenvalue weighted by Crippen LogP contribution is -2.36.